The summed E-state index contributed by atoms with van der Waals surface area (Å²) in [7, 11) is -35.3. The van der Waals surface area contributed by atoms with Gasteiger partial charge in [-0.1, -0.05) is 15.9 Å². The fourth-order valence-electron chi connectivity index (χ4n) is 9.31. The van der Waals surface area contributed by atoms with E-state index < -0.39 is 255 Å². The zero-order chi connectivity index (χ0) is 86.8. The molecule has 7 rings (SSSR count). The maximum absolute atomic E-state index is 13.0. The maximum atomic E-state index is 13.0. The van der Waals surface area contributed by atoms with Gasteiger partial charge >= 0.3 is 172 Å². The minimum Gasteiger partial charge on any atom is -0.388 e. The van der Waals surface area contributed by atoms with Gasteiger partial charge in [0.05, 0.1) is 86.5 Å². The van der Waals surface area contributed by atoms with Crippen molar-refractivity contribution in [2.24, 2.45) is 0 Å². The predicted molar refractivity (Wildman–Crippen MR) is 366 cm³/mol. The van der Waals surface area contributed by atoms with Gasteiger partial charge in [-0.2, -0.15) is 4.31 Å². The number of rotatable bonds is 28. The van der Waals surface area contributed by atoms with Gasteiger partial charge < -0.3 is 142 Å². The average Bonchev–Trinajstić information content (AvgIpc) is 1.75. The van der Waals surface area contributed by atoms with Gasteiger partial charge in [-0.15, -0.1) is 11.6 Å². The molecule has 3 unspecified atom stereocenters. The van der Waals surface area contributed by atoms with E-state index in [1.54, 1.807) is 20.8 Å². The van der Waals surface area contributed by atoms with E-state index in [2.05, 4.69) is 51.5 Å². The predicted octanol–water partition coefficient (Wildman–Crippen LogP) is -5.57. The Kier molecular flexibility index (Phi) is 47.2. The number of hydrogen-bond acceptors (Lipinski definition) is 38. The third-order valence-electron chi connectivity index (χ3n) is 14.7. The van der Waals surface area contributed by atoms with Crippen LogP contribution in [0.1, 0.15) is 41.5 Å². The van der Waals surface area contributed by atoms with Crippen LogP contribution in [0.5, 0.6) is 0 Å². The number of hydrogen-bond donors (Lipinski definition) is 26. The minimum atomic E-state index is -5.18. The molecule has 0 aromatic carbocycles. The fraction of sp³-hybridized carbons (Fsp3) is 1.00. The molecule has 111 heavy (non-hydrogen) atoms. The van der Waals surface area contributed by atoms with Crippen LogP contribution in [0, 0.1) is 0 Å². The van der Waals surface area contributed by atoms with E-state index in [-0.39, 0.29) is 36.9 Å². The van der Waals surface area contributed by atoms with Gasteiger partial charge in [0.15, 0.2) is 6.17 Å². The minimum absolute atomic E-state index is 0.213. The molecule has 31 atom stereocenters. The number of methoxy groups -OCH3 is 1. The van der Waals surface area contributed by atoms with E-state index in [0.29, 0.717) is 0 Å². The van der Waals surface area contributed by atoms with Crippen molar-refractivity contribution in [3.8, 4) is 0 Å². The van der Waals surface area contributed by atoms with Crippen molar-refractivity contribution in [1.29, 1.82) is 0 Å². The molecular weight excluding hydrogens is 1900 g/mol. The summed E-state index contributed by atoms with van der Waals surface area (Å²) in [6, 6.07) is -0.838. The maximum Gasteiger partial charge on any atom is 0.469 e. The zero-order valence-electron chi connectivity index (χ0n) is 58.4. The van der Waals surface area contributed by atoms with E-state index in [9.17, 15) is 101 Å². The van der Waals surface area contributed by atoms with Crippen LogP contribution in [0.25, 0.3) is 0 Å². The second-order valence-corrected chi connectivity index (χ2v) is 42.3. The Morgan fingerprint density at radius 3 is 0.928 bits per heavy atom. The van der Waals surface area contributed by atoms with E-state index in [4.69, 9.17) is 140 Å². The van der Waals surface area contributed by atoms with Gasteiger partial charge in [0.25, 0.3) is 0 Å². The number of aliphatic hydroxyl groups is 10. The van der Waals surface area contributed by atoms with E-state index >= 15 is 0 Å². The first kappa shape index (κ1) is 111. The summed E-state index contributed by atoms with van der Waals surface area (Å²) in [5.74, 6) is 0. The van der Waals surface area contributed by atoms with Gasteiger partial charge in [0.2, 0.25) is 0 Å². The molecule has 0 saturated carbocycles. The molecule has 0 aromatic heterocycles. The van der Waals surface area contributed by atoms with Crippen molar-refractivity contribution in [2.75, 3.05) is 60.0 Å². The zero-order valence-corrected chi connectivity index (χ0v) is 71.4. The van der Waals surface area contributed by atoms with Crippen LogP contribution < -0.4 is 0 Å². The number of aliphatic hydroxyl groups excluding tert-OH is 10. The Balaban J connectivity index is 0.000000649. The Labute approximate surface area is 651 Å². The number of phosphoric ester groups is 5. The first-order valence-corrected chi connectivity index (χ1v) is 50.0. The first-order chi connectivity index (χ1) is 49.8. The summed E-state index contributed by atoms with van der Waals surface area (Å²) in [5, 5.41) is 93.7. The van der Waals surface area contributed by atoms with E-state index in [1.165, 1.54) is 27.9 Å². The molecule has 0 amide bonds. The van der Waals surface area contributed by atoms with Crippen molar-refractivity contribution in [3.63, 3.8) is 0 Å². The summed E-state index contributed by atoms with van der Waals surface area (Å²) < 4.78 is 191. The summed E-state index contributed by atoms with van der Waals surface area (Å²) in [4.78, 5) is 136. The SMILES string of the molecule is C[C@@H]1O[C@H](COP(=O)(O)O)[C@@H](O)[C@H]1Br.C[C@@H]1O[C@H](COP(=O)(O)O)[C@@H](O)[C@H]1Cl.C[C@@H]1O[C@H](COP(=O)(O)O)[C@@H](O)[C@H]1F.C[C@@H]1O[C@H](COP(=O)(O)OP(=O)(O)O)[C@@H](O)[C@H]1O.C[C@@H]1O[C@H](COP(C)(=O)OP(=O)(O)O)[C@@H](O)[C@H]1O.C[C@@H]1O[C@H](COP(O)(=[Se])OP(=O)(O)O)[C@@H](O)[C@H]1O.[B][C@@H]1O[C@H](COP(=O)(O)O)[C@@H](O)[C@H]1OC. The molecule has 0 bridgehead atoms. The van der Waals surface area contributed by atoms with Gasteiger partial charge in [-0.05, 0) is 34.6 Å². The molecule has 7 saturated heterocycles. The quantitative estimate of drug-likeness (QED) is 0.0197. The van der Waals surface area contributed by atoms with Crippen molar-refractivity contribution < 1.29 is 257 Å². The molecule has 7 heterocycles. The van der Waals surface area contributed by atoms with Crippen LogP contribution in [0.4, 0.5) is 4.39 Å². The number of phosphoric acid groups is 8. The van der Waals surface area contributed by atoms with Crippen LogP contribution in [0.3, 0.4) is 0 Å². The molecule has 7 aliphatic rings. The van der Waals surface area contributed by atoms with Crippen molar-refractivity contribution in [1.82, 2.24) is 0 Å². The van der Waals surface area contributed by atoms with Crippen LogP contribution in [-0.4, -0.2) is 381 Å². The smallest absolute Gasteiger partial charge is 0.388 e. The number of halogens is 3. The Morgan fingerprint density at radius 2 is 0.658 bits per heavy atom. The molecule has 0 aromatic rings. The second kappa shape index (κ2) is 47.2. The molecule has 26 N–H and O–H groups in total. The topological polar surface area (TPSA) is 846 Å². The summed E-state index contributed by atoms with van der Waals surface area (Å²) >= 11 is 10.9. The Morgan fingerprint density at radius 1 is 0.369 bits per heavy atom. The molecule has 68 heteroatoms. The number of alkyl halides is 3. The van der Waals surface area contributed by atoms with Crippen LogP contribution in [0.15, 0.2) is 0 Å². The van der Waals surface area contributed by atoms with Crippen LogP contribution >= 0.6 is 104 Å². The fourth-order valence-corrected chi connectivity index (χ4v) is 18.7. The van der Waals surface area contributed by atoms with E-state index in [1.807, 2.05) is 15.1 Å². The van der Waals surface area contributed by atoms with Gasteiger partial charge in [-0.3, -0.25) is 27.2 Å². The summed E-state index contributed by atoms with van der Waals surface area (Å²) in [5.41, 5.74) is 0. The molecule has 2 radical (unpaired) electrons. The molecule has 0 aliphatic carbocycles. The molecular formula is C43H92BBrClFO53P10Se. The van der Waals surface area contributed by atoms with Gasteiger partial charge in [0, 0.05) is 19.8 Å². The molecule has 662 valence electrons. The number of ether oxygens (including phenoxy) is 8. The average molecular weight is 1990 g/mol. The largest absolute Gasteiger partial charge is 0.469 e. The first-order valence-electron chi connectivity index (χ1n) is 30.7. The molecule has 7 fully saturated rings. The van der Waals surface area contributed by atoms with Crippen molar-refractivity contribution >= 4 is 127 Å². The molecule has 7 aliphatic heterocycles. The van der Waals surface area contributed by atoms with Crippen LogP contribution in [0.2, 0.25) is 0 Å². The monoisotopic (exact) mass is 1990 g/mol. The summed E-state index contributed by atoms with van der Waals surface area (Å²) in [6.07, 6.45) is -27.2. The molecule has 53 nitrogen and oxygen atoms in total. The summed E-state index contributed by atoms with van der Waals surface area (Å²) in [6.45, 7) is 7.11. The second-order valence-electron chi connectivity index (χ2n) is 23.8. The third-order valence-corrected chi connectivity index (χ3v) is 27.4. The normalized spacial score (nSPS) is 37.5. The standard InChI is InChI=1S/C7H16O9P2.C6H12BO7P.C6H12BrO6P.C6H12ClO6P.C6H12FO6P.C6H14O10P2.C6H14O9P2Se/c1-4-6(8)7(9)5(15-4)3-14-17(2,10)16-18(11,12)13;1-12-5-4(8)3(14-6(5)7)2-13-15(9,10)11;3*1-3-5(7)6(8)4(13-3)2-12-14(9,10)11;1-3-5(7)6(8)4(15-3)2-14-18(12,13)16-17(9,10)11;1-3-5(7)6(8)4(14-3)2-13-17(12,18)15-16(9,10)11/h4-9H,3H2,1-2H3,(H2,11,12,13);3-6,8H,2H2,1H3,(H2,9,10,11);3*3-6,8H,2H2,1H3,(H2,9,10,11);3-8H,2H2,1H3,(H,12,13)(H2,9,10,11);3-8H,2H2,1H3,(H,12,18)(H2,9,10,11)/t4-,5+,6-,7+,17?;3-,4-,5-,6-;4*3-,4+,5-,6+;3-,4+,5-,6+,17?/m0100000/s1. The third kappa shape index (κ3) is 43.8. The van der Waals surface area contributed by atoms with Crippen LogP contribution in [-0.2, 0) is 124 Å². The van der Waals surface area contributed by atoms with Crippen molar-refractivity contribution in [2.45, 2.75) is 210 Å². The Bertz CT molecular complexity index is 3010. The van der Waals surface area contributed by atoms with Gasteiger partial charge in [0.1, 0.15) is 93.3 Å². The molecule has 0 spiro atoms. The van der Waals surface area contributed by atoms with Gasteiger partial charge in [-0.25, -0.2) is 40.7 Å². The Hall–Kier alpha value is 2.02. The van der Waals surface area contributed by atoms with E-state index in [0.717, 1.165) is 6.66 Å². The van der Waals surface area contributed by atoms with Crippen molar-refractivity contribution in [3.05, 3.63) is 0 Å².